The fourth-order valence-corrected chi connectivity index (χ4v) is 3.57. The average Bonchev–Trinajstić information content (AvgIpc) is 3.05. The second-order valence-corrected chi connectivity index (χ2v) is 7.48. The fraction of sp³-hybridized carbons (Fsp3) is 0.476. The van der Waals surface area contributed by atoms with Gasteiger partial charge in [0.25, 0.3) is 5.91 Å². The number of benzene rings is 1. The molecule has 1 atom stereocenters. The summed E-state index contributed by atoms with van der Waals surface area (Å²) in [6.45, 7) is 10.1. The minimum atomic E-state index is -0.625. The van der Waals surface area contributed by atoms with Crippen LogP contribution in [-0.2, 0) is 27.5 Å². The van der Waals surface area contributed by atoms with Crippen molar-refractivity contribution in [2.24, 2.45) is 5.16 Å². The normalized spacial score (nSPS) is 20.5. The van der Waals surface area contributed by atoms with Gasteiger partial charge in [-0.2, -0.15) is 0 Å². The van der Waals surface area contributed by atoms with Crippen molar-refractivity contribution < 1.29 is 18.9 Å². The predicted octanol–water partition coefficient (Wildman–Crippen LogP) is 2.23. The van der Waals surface area contributed by atoms with Crippen molar-refractivity contribution in [3.05, 3.63) is 52.4 Å². The Bertz CT molecular complexity index is 880. The molecule has 0 saturated carbocycles. The van der Waals surface area contributed by atoms with E-state index in [4.69, 9.17) is 14.1 Å². The third kappa shape index (κ3) is 4.18. The second-order valence-electron chi connectivity index (χ2n) is 7.48. The Hall–Kier alpha value is -2.71. The number of oxime groups is 1. The van der Waals surface area contributed by atoms with Crippen LogP contribution in [0.15, 0.2) is 33.9 Å². The van der Waals surface area contributed by atoms with Crippen molar-refractivity contribution in [3.63, 3.8) is 0 Å². The summed E-state index contributed by atoms with van der Waals surface area (Å²) in [5, 5.41) is 8.23. The van der Waals surface area contributed by atoms with Crippen molar-refractivity contribution in [3.8, 4) is 0 Å². The first-order valence-corrected chi connectivity index (χ1v) is 9.89. The van der Waals surface area contributed by atoms with Crippen molar-refractivity contribution in [2.75, 3.05) is 26.3 Å². The van der Waals surface area contributed by atoms with Crippen molar-refractivity contribution in [2.45, 2.75) is 40.0 Å². The third-order valence-corrected chi connectivity index (χ3v) is 5.39. The Morgan fingerprint density at radius 2 is 1.83 bits per heavy atom. The number of carbonyl (C=O) groups excluding carboxylic acids is 1. The summed E-state index contributed by atoms with van der Waals surface area (Å²) in [5.41, 5.74) is 3.71. The van der Waals surface area contributed by atoms with Crippen LogP contribution in [0.4, 0.5) is 0 Å². The van der Waals surface area contributed by atoms with E-state index >= 15 is 0 Å². The largest absolute Gasteiger partial charge is 0.381 e. The lowest BCUT2D eigenvalue weighted by Crippen LogP contribution is -2.46. The third-order valence-electron chi connectivity index (χ3n) is 5.39. The zero-order chi connectivity index (χ0) is 20.4. The molecule has 2 aromatic rings. The number of amides is 1. The van der Waals surface area contributed by atoms with E-state index in [1.165, 1.54) is 5.56 Å². The first-order valence-electron chi connectivity index (χ1n) is 9.89. The van der Waals surface area contributed by atoms with E-state index in [0.717, 1.165) is 49.7 Å². The lowest BCUT2D eigenvalue weighted by atomic mass is 10.1. The summed E-state index contributed by atoms with van der Waals surface area (Å²) in [5.74, 6) is 1.08. The summed E-state index contributed by atoms with van der Waals surface area (Å²) >= 11 is 0. The molecule has 1 aromatic heterocycles. The standard InChI is InChI=1S/C21H26N4O4/c1-14-19(15(2)28-22-14)13-25-20(23-29-16(3)21(25)26)18-6-4-17(5-7-18)12-24-8-10-27-11-9-24/h4-7,16H,8-13H2,1-3H3. The van der Waals surface area contributed by atoms with Gasteiger partial charge in [-0.1, -0.05) is 34.6 Å². The van der Waals surface area contributed by atoms with Crippen molar-refractivity contribution in [1.82, 2.24) is 15.0 Å². The van der Waals surface area contributed by atoms with Crippen LogP contribution < -0.4 is 0 Å². The minimum Gasteiger partial charge on any atom is -0.381 e. The smallest absolute Gasteiger partial charge is 0.272 e. The molecule has 4 rings (SSSR count). The van der Waals surface area contributed by atoms with E-state index in [1.807, 2.05) is 26.0 Å². The van der Waals surface area contributed by atoms with Crippen molar-refractivity contribution >= 4 is 11.7 Å². The van der Waals surface area contributed by atoms with E-state index < -0.39 is 6.10 Å². The predicted molar refractivity (Wildman–Crippen MR) is 106 cm³/mol. The molecule has 2 aliphatic heterocycles. The minimum absolute atomic E-state index is 0.132. The van der Waals surface area contributed by atoms with Crippen LogP contribution in [0.25, 0.3) is 0 Å². The summed E-state index contributed by atoms with van der Waals surface area (Å²) in [6.07, 6.45) is -0.625. The molecule has 8 nitrogen and oxygen atoms in total. The lowest BCUT2D eigenvalue weighted by molar-refractivity contribution is -0.142. The summed E-state index contributed by atoms with van der Waals surface area (Å²) in [4.78, 5) is 22.2. The molecule has 1 aromatic carbocycles. The van der Waals surface area contributed by atoms with Crippen LogP contribution in [0.5, 0.6) is 0 Å². The van der Waals surface area contributed by atoms with Gasteiger partial charge in [0.1, 0.15) is 5.76 Å². The zero-order valence-corrected chi connectivity index (χ0v) is 17.1. The molecule has 0 aliphatic carbocycles. The second kappa shape index (κ2) is 8.34. The van der Waals surface area contributed by atoms with Gasteiger partial charge in [-0.3, -0.25) is 14.6 Å². The maximum atomic E-state index is 12.8. The van der Waals surface area contributed by atoms with Gasteiger partial charge in [0.15, 0.2) is 5.84 Å². The van der Waals surface area contributed by atoms with E-state index in [2.05, 4.69) is 27.3 Å². The molecule has 3 heterocycles. The monoisotopic (exact) mass is 398 g/mol. The SMILES string of the molecule is Cc1noc(C)c1CN1C(=O)C(C)ON=C1c1ccc(CN2CCOCC2)cc1. The molecule has 1 saturated heterocycles. The van der Waals surface area contributed by atoms with Gasteiger partial charge >= 0.3 is 0 Å². The van der Waals surface area contributed by atoms with Crippen LogP contribution >= 0.6 is 0 Å². The maximum Gasteiger partial charge on any atom is 0.272 e. The molecule has 0 spiro atoms. The Kier molecular flexibility index (Phi) is 5.64. The van der Waals surface area contributed by atoms with Crippen molar-refractivity contribution in [1.29, 1.82) is 0 Å². The molecule has 0 N–H and O–H groups in total. The number of rotatable bonds is 5. The number of morpholine rings is 1. The summed E-state index contributed by atoms with van der Waals surface area (Å²) < 4.78 is 10.7. The van der Waals surface area contributed by atoms with Gasteiger partial charge in [0.2, 0.25) is 6.10 Å². The highest BCUT2D eigenvalue weighted by Crippen LogP contribution is 2.22. The number of hydrogen-bond donors (Lipinski definition) is 0. The molecule has 1 amide bonds. The molecule has 2 aliphatic rings. The number of aromatic nitrogens is 1. The van der Waals surface area contributed by atoms with E-state index in [1.54, 1.807) is 11.8 Å². The number of ether oxygens (including phenoxy) is 1. The highest BCUT2D eigenvalue weighted by atomic mass is 16.6. The van der Waals surface area contributed by atoms with E-state index in [-0.39, 0.29) is 5.91 Å². The molecule has 0 radical (unpaired) electrons. The van der Waals surface area contributed by atoms with Gasteiger partial charge in [0.05, 0.1) is 25.5 Å². The van der Waals surface area contributed by atoms with Crippen LogP contribution in [0.1, 0.15) is 35.1 Å². The van der Waals surface area contributed by atoms with Crippen LogP contribution in [0.3, 0.4) is 0 Å². The number of amidine groups is 1. The number of aryl methyl sites for hydroxylation is 2. The molecule has 8 heteroatoms. The summed E-state index contributed by atoms with van der Waals surface area (Å²) in [7, 11) is 0. The van der Waals surface area contributed by atoms with Crippen LogP contribution in [0.2, 0.25) is 0 Å². The summed E-state index contributed by atoms with van der Waals surface area (Å²) in [6, 6.07) is 8.12. The van der Waals surface area contributed by atoms with E-state index in [0.29, 0.717) is 18.1 Å². The molecule has 1 fully saturated rings. The quantitative estimate of drug-likeness (QED) is 0.768. The highest BCUT2D eigenvalue weighted by Gasteiger charge is 2.33. The van der Waals surface area contributed by atoms with Gasteiger partial charge in [-0.25, -0.2) is 0 Å². The van der Waals surface area contributed by atoms with Crippen LogP contribution in [-0.4, -0.2) is 59.1 Å². The molecular weight excluding hydrogens is 372 g/mol. The molecular formula is C21H26N4O4. The maximum absolute atomic E-state index is 12.8. The first kappa shape index (κ1) is 19.6. The fourth-order valence-electron chi connectivity index (χ4n) is 3.57. The Morgan fingerprint density at radius 3 is 2.48 bits per heavy atom. The van der Waals surface area contributed by atoms with Gasteiger partial charge in [0, 0.05) is 30.8 Å². The zero-order valence-electron chi connectivity index (χ0n) is 17.1. The van der Waals surface area contributed by atoms with Gasteiger partial charge < -0.3 is 14.1 Å². The lowest BCUT2D eigenvalue weighted by Gasteiger charge is -2.30. The topological polar surface area (TPSA) is 80.4 Å². The molecule has 154 valence electrons. The van der Waals surface area contributed by atoms with Gasteiger partial charge in [-0.15, -0.1) is 0 Å². The Morgan fingerprint density at radius 1 is 1.10 bits per heavy atom. The average molecular weight is 398 g/mol. The number of carbonyl (C=O) groups is 1. The number of nitrogens with zero attached hydrogens (tertiary/aromatic N) is 4. The van der Waals surface area contributed by atoms with E-state index in [9.17, 15) is 4.79 Å². The molecule has 1 unspecified atom stereocenters. The molecule has 0 bridgehead atoms. The Labute approximate surface area is 170 Å². The molecule has 29 heavy (non-hydrogen) atoms. The van der Waals surface area contributed by atoms with Crippen LogP contribution in [0, 0.1) is 13.8 Å². The number of hydrogen-bond acceptors (Lipinski definition) is 7. The Balaban J connectivity index is 1.55. The van der Waals surface area contributed by atoms with Gasteiger partial charge in [-0.05, 0) is 26.3 Å². The highest BCUT2D eigenvalue weighted by molar-refractivity contribution is 6.09. The first-order chi connectivity index (χ1) is 14.0.